The van der Waals surface area contributed by atoms with Crippen molar-refractivity contribution in [1.82, 2.24) is 14.9 Å². The molecule has 0 unspecified atom stereocenters. The maximum Gasteiger partial charge on any atom is 0.453 e. The Labute approximate surface area is 102 Å². The van der Waals surface area contributed by atoms with E-state index in [1.165, 1.54) is 17.6 Å². The maximum absolute atomic E-state index is 12.5. The second-order valence-corrected chi connectivity index (χ2v) is 4.29. The molecule has 0 saturated carbocycles. The maximum atomic E-state index is 12.5. The first kappa shape index (κ1) is 12.0. The second-order valence-electron chi connectivity index (χ2n) is 2.92. The molecule has 2 aromatic heterocycles. The molecule has 0 aliphatic carbocycles. The first-order chi connectivity index (χ1) is 7.98. The van der Waals surface area contributed by atoms with Crippen molar-refractivity contribution in [3.8, 4) is 0 Å². The Morgan fingerprint density at radius 1 is 1.53 bits per heavy atom. The van der Waals surface area contributed by atoms with Gasteiger partial charge in [0.05, 0.1) is 6.21 Å². The highest BCUT2D eigenvalue weighted by Gasteiger charge is 2.37. The molecule has 2 heterocycles. The Bertz CT molecular complexity index is 579. The number of aromatic amines is 1. The van der Waals surface area contributed by atoms with Crippen LogP contribution in [0.25, 0.3) is 0 Å². The van der Waals surface area contributed by atoms with Gasteiger partial charge in [0.2, 0.25) is 4.77 Å². The lowest BCUT2D eigenvalue weighted by atomic mass is 10.5. The summed E-state index contributed by atoms with van der Waals surface area (Å²) in [7, 11) is 0. The number of H-pyrrole nitrogens is 1. The minimum Gasteiger partial charge on any atom is -0.250 e. The van der Waals surface area contributed by atoms with Crippen molar-refractivity contribution in [3.63, 3.8) is 0 Å². The van der Waals surface area contributed by atoms with Crippen LogP contribution in [-0.2, 0) is 6.18 Å². The lowest BCUT2D eigenvalue weighted by Gasteiger charge is -2.03. The van der Waals surface area contributed by atoms with Crippen molar-refractivity contribution in [3.05, 3.63) is 33.0 Å². The third-order valence-electron chi connectivity index (χ3n) is 1.75. The monoisotopic (exact) mass is 278 g/mol. The molecule has 0 amide bonds. The zero-order valence-electron chi connectivity index (χ0n) is 8.10. The van der Waals surface area contributed by atoms with Gasteiger partial charge in [-0.25, -0.2) is 5.10 Å². The highest BCUT2D eigenvalue weighted by molar-refractivity contribution is 7.71. The predicted octanol–water partition coefficient (Wildman–Crippen LogP) is 2.90. The molecule has 0 fully saturated rings. The van der Waals surface area contributed by atoms with Crippen LogP contribution >= 0.6 is 23.6 Å². The summed E-state index contributed by atoms with van der Waals surface area (Å²) in [6.45, 7) is 0. The van der Waals surface area contributed by atoms with Gasteiger partial charge in [0.1, 0.15) is 0 Å². The van der Waals surface area contributed by atoms with Gasteiger partial charge >= 0.3 is 6.18 Å². The van der Waals surface area contributed by atoms with Gasteiger partial charge in [0.25, 0.3) is 5.82 Å². The number of aromatic nitrogens is 3. The minimum absolute atomic E-state index is 0.204. The van der Waals surface area contributed by atoms with E-state index < -0.39 is 12.0 Å². The molecule has 0 bridgehead atoms. The average molecular weight is 278 g/mol. The lowest BCUT2D eigenvalue weighted by Crippen LogP contribution is -2.12. The molecule has 0 aromatic carbocycles. The summed E-state index contributed by atoms with van der Waals surface area (Å²) in [5.41, 5.74) is 0. The number of thiophene rings is 1. The largest absolute Gasteiger partial charge is 0.453 e. The standard InChI is InChI=1S/C8H5F3N4S2/c9-8(10,11)6-13-14-7(16)15(6)12-4-5-2-1-3-17-5/h1-4H,(H,14,16). The first-order valence-electron chi connectivity index (χ1n) is 4.31. The van der Waals surface area contributed by atoms with Crippen LogP contribution in [0.15, 0.2) is 22.6 Å². The van der Waals surface area contributed by atoms with Crippen LogP contribution in [0.4, 0.5) is 13.2 Å². The molecule has 0 aliphatic rings. The lowest BCUT2D eigenvalue weighted by molar-refractivity contribution is -0.147. The normalized spacial score (nSPS) is 12.4. The summed E-state index contributed by atoms with van der Waals surface area (Å²) in [4.78, 5) is 0.723. The number of nitrogens with one attached hydrogen (secondary N) is 1. The summed E-state index contributed by atoms with van der Waals surface area (Å²) in [6, 6.07) is 3.50. The van der Waals surface area contributed by atoms with Crippen LogP contribution in [-0.4, -0.2) is 21.1 Å². The number of alkyl halides is 3. The number of rotatable bonds is 2. The molecule has 9 heteroatoms. The number of hydrogen-bond acceptors (Lipinski definition) is 4. The molecule has 0 atom stereocenters. The average Bonchev–Trinajstić information content (AvgIpc) is 2.83. The summed E-state index contributed by atoms with van der Waals surface area (Å²) >= 11 is 6.03. The van der Waals surface area contributed by atoms with Gasteiger partial charge in [0.15, 0.2) is 0 Å². The van der Waals surface area contributed by atoms with Gasteiger partial charge in [0, 0.05) is 4.88 Å². The molecule has 0 saturated heterocycles. The minimum atomic E-state index is -4.60. The fraction of sp³-hybridized carbons (Fsp3) is 0.125. The fourth-order valence-electron chi connectivity index (χ4n) is 1.06. The smallest absolute Gasteiger partial charge is 0.250 e. The molecule has 0 spiro atoms. The highest BCUT2D eigenvalue weighted by Crippen LogP contribution is 2.27. The molecule has 1 N–H and O–H groups in total. The van der Waals surface area contributed by atoms with Crippen LogP contribution in [0.3, 0.4) is 0 Å². The molecule has 90 valence electrons. The Morgan fingerprint density at radius 2 is 2.29 bits per heavy atom. The van der Waals surface area contributed by atoms with Crippen LogP contribution in [0, 0.1) is 4.77 Å². The van der Waals surface area contributed by atoms with Crippen molar-refractivity contribution in [2.75, 3.05) is 0 Å². The van der Waals surface area contributed by atoms with E-state index in [-0.39, 0.29) is 4.77 Å². The van der Waals surface area contributed by atoms with Crippen LogP contribution in [0.1, 0.15) is 10.7 Å². The van der Waals surface area contributed by atoms with E-state index in [1.54, 1.807) is 17.5 Å². The SMILES string of the molecule is FC(F)(F)c1n[nH]c(=S)n1N=Cc1cccs1. The van der Waals surface area contributed by atoms with Crippen molar-refractivity contribution < 1.29 is 13.2 Å². The molecule has 0 aliphatic heterocycles. The molecule has 0 radical (unpaired) electrons. The van der Waals surface area contributed by atoms with Crippen molar-refractivity contribution in [1.29, 1.82) is 0 Å². The van der Waals surface area contributed by atoms with E-state index in [0.29, 0.717) is 4.68 Å². The van der Waals surface area contributed by atoms with Crippen molar-refractivity contribution in [2.45, 2.75) is 6.18 Å². The topological polar surface area (TPSA) is 46.0 Å². The second kappa shape index (κ2) is 4.41. The van der Waals surface area contributed by atoms with E-state index in [9.17, 15) is 13.2 Å². The zero-order chi connectivity index (χ0) is 12.5. The van der Waals surface area contributed by atoms with Gasteiger partial charge in [-0.1, -0.05) is 6.07 Å². The molecule has 2 rings (SSSR count). The molecule has 17 heavy (non-hydrogen) atoms. The summed E-state index contributed by atoms with van der Waals surface area (Å²) in [6.07, 6.45) is -3.30. The molecule has 2 aromatic rings. The number of hydrogen-bond donors (Lipinski definition) is 1. The third kappa shape index (κ3) is 2.61. The third-order valence-corrected chi connectivity index (χ3v) is 2.82. The number of nitrogens with zero attached hydrogens (tertiary/aromatic N) is 3. The van der Waals surface area contributed by atoms with E-state index >= 15 is 0 Å². The first-order valence-corrected chi connectivity index (χ1v) is 5.60. The molecular weight excluding hydrogens is 273 g/mol. The van der Waals surface area contributed by atoms with Gasteiger partial charge in [-0.2, -0.15) is 22.9 Å². The Kier molecular flexibility index (Phi) is 3.11. The van der Waals surface area contributed by atoms with Crippen LogP contribution in [0.5, 0.6) is 0 Å². The van der Waals surface area contributed by atoms with E-state index in [0.717, 1.165) is 4.88 Å². The Hall–Kier alpha value is -1.48. The van der Waals surface area contributed by atoms with E-state index in [4.69, 9.17) is 0 Å². The summed E-state index contributed by atoms with van der Waals surface area (Å²) < 4.78 is 37.9. The quantitative estimate of drug-likeness (QED) is 0.678. The number of halogens is 3. The van der Waals surface area contributed by atoms with Crippen LogP contribution in [0.2, 0.25) is 0 Å². The summed E-state index contributed by atoms with van der Waals surface area (Å²) in [5.74, 6) is -1.17. The van der Waals surface area contributed by atoms with E-state index in [1.807, 2.05) is 0 Å². The van der Waals surface area contributed by atoms with Gasteiger partial charge in [-0.3, -0.25) is 0 Å². The summed E-state index contributed by atoms with van der Waals surface area (Å²) in [5, 5.41) is 10.6. The van der Waals surface area contributed by atoms with Crippen molar-refractivity contribution >= 4 is 29.8 Å². The van der Waals surface area contributed by atoms with Gasteiger partial charge < -0.3 is 0 Å². The molecule has 4 nitrogen and oxygen atoms in total. The molecular formula is C8H5F3N4S2. The highest BCUT2D eigenvalue weighted by atomic mass is 32.1. The van der Waals surface area contributed by atoms with Crippen molar-refractivity contribution in [2.24, 2.45) is 5.10 Å². The Balaban J connectivity index is 2.39. The van der Waals surface area contributed by atoms with Gasteiger partial charge in [-0.05, 0) is 23.7 Å². The fourth-order valence-corrected chi connectivity index (χ4v) is 1.82. The van der Waals surface area contributed by atoms with E-state index in [2.05, 4.69) is 27.5 Å². The van der Waals surface area contributed by atoms with Crippen LogP contribution < -0.4 is 0 Å². The predicted molar refractivity (Wildman–Crippen MR) is 59.7 cm³/mol. The Morgan fingerprint density at radius 3 is 2.88 bits per heavy atom. The van der Waals surface area contributed by atoms with Gasteiger partial charge in [-0.15, -0.1) is 16.4 Å². The zero-order valence-corrected chi connectivity index (χ0v) is 9.73.